The molecule has 0 aromatic heterocycles. The summed E-state index contributed by atoms with van der Waals surface area (Å²) in [6.07, 6.45) is 3.53. The molecular weight excluding hydrogens is 202 g/mol. The lowest BCUT2D eigenvalue weighted by molar-refractivity contribution is -0.124. The van der Waals surface area contributed by atoms with Gasteiger partial charge in [0.2, 0.25) is 5.91 Å². The number of hydrogen-bond acceptors (Lipinski definition) is 3. The number of nitrogens with one attached hydrogen (secondary N) is 3. The molecule has 1 amide bonds. The molecule has 1 heterocycles. The Morgan fingerprint density at radius 1 is 1.19 bits per heavy atom. The van der Waals surface area contributed by atoms with Crippen LogP contribution in [0.3, 0.4) is 0 Å². The molecule has 16 heavy (non-hydrogen) atoms. The standard InChI is InChI=1S/C12H23N3O/c1-8-3-4-10(5-8)15-12(16)11-7-13-9(2)6-14-11/h8-11,13-14H,3-7H2,1-2H3,(H,15,16). The van der Waals surface area contributed by atoms with Gasteiger partial charge in [-0.3, -0.25) is 4.79 Å². The summed E-state index contributed by atoms with van der Waals surface area (Å²) in [5, 5.41) is 9.75. The van der Waals surface area contributed by atoms with E-state index in [1.807, 2.05) is 0 Å². The molecule has 2 rings (SSSR count). The summed E-state index contributed by atoms with van der Waals surface area (Å²) >= 11 is 0. The quantitative estimate of drug-likeness (QED) is 0.631. The van der Waals surface area contributed by atoms with Crippen molar-refractivity contribution in [2.45, 2.75) is 51.2 Å². The summed E-state index contributed by atoms with van der Waals surface area (Å²) in [6.45, 7) is 6.00. The zero-order valence-electron chi connectivity index (χ0n) is 10.3. The summed E-state index contributed by atoms with van der Waals surface area (Å²) in [5.74, 6) is 0.932. The second-order valence-electron chi connectivity index (χ2n) is 5.39. The molecule has 2 fully saturated rings. The monoisotopic (exact) mass is 225 g/mol. The first-order valence-corrected chi connectivity index (χ1v) is 6.42. The molecule has 0 aromatic rings. The van der Waals surface area contributed by atoms with E-state index < -0.39 is 0 Å². The predicted octanol–water partition coefficient (Wildman–Crippen LogP) is 0.241. The maximum atomic E-state index is 12.0. The van der Waals surface area contributed by atoms with Crippen LogP contribution in [0.5, 0.6) is 0 Å². The van der Waals surface area contributed by atoms with Gasteiger partial charge in [-0.1, -0.05) is 6.92 Å². The molecular formula is C12H23N3O. The van der Waals surface area contributed by atoms with Crippen molar-refractivity contribution in [3.63, 3.8) is 0 Å². The normalized spacial score (nSPS) is 39.6. The summed E-state index contributed by atoms with van der Waals surface area (Å²) < 4.78 is 0. The molecule has 0 bridgehead atoms. The second-order valence-corrected chi connectivity index (χ2v) is 5.39. The highest BCUT2D eigenvalue weighted by atomic mass is 16.2. The van der Waals surface area contributed by atoms with Crippen LogP contribution in [-0.2, 0) is 4.79 Å². The van der Waals surface area contributed by atoms with Crippen LogP contribution in [0.15, 0.2) is 0 Å². The molecule has 0 spiro atoms. The fourth-order valence-electron chi connectivity index (χ4n) is 2.61. The van der Waals surface area contributed by atoms with Crippen molar-refractivity contribution in [2.75, 3.05) is 13.1 Å². The van der Waals surface area contributed by atoms with Gasteiger partial charge in [0, 0.05) is 25.2 Å². The van der Waals surface area contributed by atoms with Gasteiger partial charge in [-0.25, -0.2) is 0 Å². The summed E-state index contributed by atoms with van der Waals surface area (Å²) in [7, 11) is 0. The number of hydrogen-bond donors (Lipinski definition) is 3. The van der Waals surface area contributed by atoms with Gasteiger partial charge in [0.1, 0.15) is 0 Å². The third kappa shape index (κ3) is 2.95. The van der Waals surface area contributed by atoms with Gasteiger partial charge in [-0.2, -0.15) is 0 Å². The topological polar surface area (TPSA) is 53.2 Å². The minimum atomic E-state index is -0.0490. The third-order valence-corrected chi connectivity index (χ3v) is 3.70. The largest absolute Gasteiger partial charge is 0.352 e. The van der Waals surface area contributed by atoms with E-state index in [1.54, 1.807) is 0 Å². The van der Waals surface area contributed by atoms with Crippen LogP contribution in [-0.4, -0.2) is 37.1 Å². The van der Waals surface area contributed by atoms with Crippen molar-refractivity contribution in [1.29, 1.82) is 0 Å². The van der Waals surface area contributed by atoms with Crippen LogP contribution in [0.1, 0.15) is 33.1 Å². The molecule has 1 saturated heterocycles. The van der Waals surface area contributed by atoms with Crippen molar-refractivity contribution in [3.8, 4) is 0 Å². The average Bonchev–Trinajstić information content (AvgIpc) is 2.65. The minimum Gasteiger partial charge on any atom is -0.352 e. The van der Waals surface area contributed by atoms with Crippen LogP contribution in [0.2, 0.25) is 0 Å². The number of carbonyl (C=O) groups is 1. The van der Waals surface area contributed by atoms with Crippen LogP contribution < -0.4 is 16.0 Å². The van der Waals surface area contributed by atoms with Gasteiger partial charge >= 0.3 is 0 Å². The summed E-state index contributed by atoms with van der Waals surface area (Å²) in [4.78, 5) is 12.0. The molecule has 4 atom stereocenters. The molecule has 3 N–H and O–H groups in total. The van der Waals surface area contributed by atoms with Crippen LogP contribution >= 0.6 is 0 Å². The molecule has 0 aromatic carbocycles. The zero-order chi connectivity index (χ0) is 11.5. The van der Waals surface area contributed by atoms with Gasteiger partial charge in [-0.05, 0) is 32.1 Å². The van der Waals surface area contributed by atoms with Crippen LogP contribution in [0.25, 0.3) is 0 Å². The fraction of sp³-hybridized carbons (Fsp3) is 0.917. The van der Waals surface area contributed by atoms with E-state index in [0.29, 0.717) is 12.1 Å². The average molecular weight is 225 g/mol. The highest BCUT2D eigenvalue weighted by Crippen LogP contribution is 2.24. The summed E-state index contributed by atoms with van der Waals surface area (Å²) in [5.41, 5.74) is 0. The van der Waals surface area contributed by atoms with E-state index in [0.717, 1.165) is 31.8 Å². The highest BCUT2D eigenvalue weighted by molar-refractivity contribution is 5.82. The van der Waals surface area contributed by atoms with Crippen molar-refractivity contribution in [1.82, 2.24) is 16.0 Å². The first-order valence-electron chi connectivity index (χ1n) is 6.42. The van der Waals surface area contributed by atoms with E-state index in [4.69, 9.17) is 0 Å². The van der Waals surface area contributed by atoms with Crippen LogP contribution in [0.4, 0.5) is 0 Å². The third-order valence-electron chi connectivity index (χ3n) is 3.70. The van der Waals surface area contributed by atoms with Crippen molar-refractivity contribution in [2.24, 2.45) is 5.92 Å². The maximum Gasteiger partial charge on any atom is 0.238 e. The molecule has 1 saturated carbocycles. The second kappa shape index (κ2) is 5.15. The predicted molar refractivity (Wildman–Crippen MR) is 64.2 cm³/mol. The van der Waals surface area contributed by atoms with Crippen molar-refractivity contribution in [3.05, 3.63) is 0 Å². The highest BCUT2D eigenvalue weighted by Gasteiger charge is 2.27. The van der Waals surface area contributed by atoms with Crippen molar-refractivity contribution < 1.29 is 4.79 Å². The fourth-order valence-corrected chi connectivity index (χ4v) is 2.61. The molecule has 1 aliphatic carbocycles. The Balaban J connectivity index is 1.75. The van der Waals surface area contributed by atoms with E-state index in [-0.39, 0.29) is 11.9 Å². The van der Waals surface area contributed by atoms with E-state index in [2.05, 4.69) is 29.8 Å². The number of piperazine rings is 1. The van der Waals surface area contributed by atoms with E-state index in [9.17, 15) is 4.79 Å². The Morgan fingerprint density at radius 3 is 2.56 bits per heavy atom. The molecule has 92 valence electrons. The Hall–Kier alpha value is -0.610. The molecule has 0 radical (unpaired) electrons. The smallest absolute Gasteiger partial charge is 0.238 e. The SMILES string of the molecule is CC1CCC(NC(=O)C2CNC(C)CN2)C1. The first kappa shape index (κ1) is 11.9. The Bertz CT molecular complexity index is 249. The lowest BCUT2D eigenvalue weighted by atomic mass is 10.1. The number of carbonyl (C=O) groups excluding carboxylic acids is 1. The molecule has 4 nitrogen and oxygen atoms in total. The molecule has 2 aliphatic rings. The van der Waals surface area contributed by atoms with Gasteiger partial charge in [0.25, 0.3) is 0 Å². The number of amides is 1. The first-order chi connectivity index (χ1) is 7.65. The lowest BCUT2D eigenvalue weighted by Crippen LogP contribution is -2.59. The molecule has 4 unspecified atom stereocenters. The molecule has 4 heteroatoms. The Labute approximate surface area is 97.6 Å². The van der Waals surface area contributed by atoms with Crippen molar-refractivity contribution >= 4 is 5.91 Å². The summed E-state index contributed by atoms with van der Waals surface area (Å²) in [6, 6.07) is 0.825. The Morgan fingerprint density at radius 2 is 2.00 bits per heavy atom. The van der Waals surface area contributed by atoms with Gasteiger partial charge in [0.15, 0.2) is 0 Å². The maximum absolute atomic E-state index is 12.0. The van der Waals surface area contributed by atoms with Crippen LogP contribution in [0, 0.1) is 5.92 Å². The minimum absolute atomic E-state index is 0.0490. The van der Waals surface area contributed by atoms with Gasteiger partial charge in [-0.15, -0.1) is 0 Å². The Kier molecular flexibility index (Phi) is 3.82. The zero-order valence-corrected chi connectivity index (χ0v) is 10.3. The van der Waals surface area contributed by atoms with E-state index in [1.165, 1.54) is 6.42 Å². The number of rotatable bonds is 2. The van der Waals surface area contributed by atoms with Gasteiger partial charge < -0.3 is 16.0 Å². The van der Waals surface area contributed by atoms with Gasteiger partial charge in [0.05, 0.1) is 6.04 Å². The lowest BCUT2D eigenvalue weighted by Gasteiger charge is -2.29. The molecule has 1 aliphatic heterocycles. The van der Waals surface area contributed by atoms with E-state index >= 15 is 0 Å².